The Balaban J connectivity index is 1.83. The van der Waals surface area contributed by atoms with Crippen molar-refractivity contribution in [1.82, 2.24) is 15.4 Å². The van der Waals surface area contributed by atoms with Gasteiger partial charge < -0.3 is 5.73 Å². The van der Waals surface area contributed by atoms with E-state index in [4.69, 9.17) is 5.73 Å². The lowest BCUT2D eigenvalue weighted by molar-refractivity contribution is -0.116. The second kappa shape index (κ2) is 7.53. The van der Waals surface area contributed by atoms with Gasteiger partial charge in [-0.05, 0) is 48.9 Å². The molecule has 8 heteroatoms. The van der Waals surface area contributed by atoms with Gasteiger partial charge in [0.1, 0.15) is 5.82 Å². The van der Waals surface area contributed by atoms with Crippen molar-refractivity contribution in [3.63, 3.8) is 0 Å². The number of nitriles is 1. The summed E-state index contributed by atoms with van der Waals surface area (Å²) in [5.41, 5.74) is 12.1. The number of Topliss-reactive ketones (excluding diaryl/α,β-unsaturated/α-hetero) is 1. The SMILES string of the molecule is Cc1ccsc1C1C(C#N)=C(N)N(NC(=O)c2ccncc2)C2=C1C(=O)CCC2. The minimum atomic E-state index is -0.489. The highest BCUT2D eigenvalue weighted by Crippen LogP contribution is 2.46. The second-order valence-electron chi connectivity index (χ2n) is 6.96. The van der Waals surface area contributed by atoms with Gasteiger partial charge in [-0.2, -0.15) is 5.26 Å². The van der Waals surface area contributed by atoms with Gasteiger partial charge in [0.15, 0.2) is 5.78 Å². The molecule has 1 aliphatic carbocycles. The van der Waals surface area contributed by atoms with Crippen LogP contribution in [0.15, 0.2) is 58.6 Å². The van der Waals surface area contributed by atoms with Gasteiger partial charge in [0.05, 0.1) is 23.3 Å². The van der Waals surface area contributed by atoms with E-state index in [2.05, 4.69) is 16.5 Å². The van der Waals surface area contributed by atoms with Crippen LogP contribution in [-0.2, 0) is 4.79 Å². The van der Waals surface area contributed by atoms with Crippen molar-refractivity contribution in [2.75, 3.05) is 0 Å². The molecule has 0 saturated heterocycles. The summed E-state index contributed by atoms with van der Waals surface area (Å²) in [5, 5.41) is 13.3. The third-order valence-electron chi connectivity index (χ3n) is 5.23. The van der Waals surface area contributed by atoms with Crippen molar-refractivity contribution >= 4 is 23.0 Å². The topological polar surface area (TPSA) is 112 Å². The van der Waals surface area contributed by atoms with E-state index in [1.165, 1.54) is 28.7 Å². The summed E-state index contributed by atoms with van der Waals surface area (Å²) in [5.74, 6) is -0.728. The fourth-order valence-corrected chi connectivity index (χ4v) is 4.87. The van der Waals surface area contributed by atoms with E-state index in [9.17, 15) is 14.9 Å². The van der Waals surface area contributed by atoms with Gasteiger partial charge in [-0.25, -0.2) is 5.01 Å². The van der Waals surface area contributed by atoms with E-state index < -0.39 is 5.92 Å². The highest BCUT2D eigenvalue weighted by molar-refractivity contribution is 7.10. The first-order valence-electron chi connectivity index (χ1n) is 9.24. The number of ketones is 1. The molecule has 4 rings (SSSR count). The summed E-state index contributed by atoms with van der Waals surface area (Å²) in [7, 11) is 0. The number of rotatable bonds is 3. The fraction of sp³-hybridized carbons (Fsp3) is 0.238. The molecule has 29 heavy (non-hydrogen) atoms. The standard InChI is InChI=1S/C21H19N5O2S/c1-12-7-10-29-19(12)17-14(11-22)20(23)26(15-3-2-4-16(27)18(15)17)25-21(28)13-5-8-24-9-6-13/h5-10,17H,2-4,23H2,1H3,(H,25,28). The smallest absolute Gasteiger partial charge is 0.270 e. The third kappa shape index (κ3) is 3.19. The number of allylic oxidation sites excluding steroid dienone is 3. The normalized spacial score (nSPS) is 19.1. The molecule has 7 nitrogen and oxygen atoms in total. The number of thiophene rings is 1. The number of carbonyl (C=O) groups excluding carboxylic acids is 2. The summed E-state index contributed by atoms with van der Waals surface area (Å²) < 4.78 is 0. The number of pyridine rings is 1. The highest BCUT2D eigenvalue weighted by atomic mass is 32.1. The molecule has 2 aromatic rings. The van der Waals surface area contributed by atoms with E-state index in [0.717, 1.165) is 10.4 Å². The predicted molar refractivity (Wildman–Crippen MR) is 108 cm³/mol. The Morgan fingerprint density at radius 1 is 1.34 bits per heavy atom. The first kappa shape index (κ1) is 18.9. The van der Waals surface area contributed by atoms with E-state index in [-0.39, 0.29) is 23.1 Å². The molecule has 146 valence electrons. The summed E-state index contributed by atoms with van der Waals surface area (Å²) in [6, 6.07) is 7.33. The molecule has 3 N–H and O–H groups in total. The maximum Gasteiger partial charge on any atom is 0.270 e. The van der Waals surface area contributed by atoms with Gasteiger partial charge in [0.2, 0.25) is 0 Å². The van der Waals surface area contributed by atoms with Gasteiger partial charge in [-0.3, -0.25) is 20.0 Å². The maximum absolute atomic E-state index is 12.9. The van der Waals surface area contributed by atoms with Crippen molar-refractivity contribution in [2.24, 2.45) is 5.73 Å². The second-order valence-corrected chi connectivity index (χ2v) is 7.91. The van der Waals surface area contributed by atoms with Crippen LogP contribution < -0.4 is 11.2 Å². The van der Waals surface area contributed by atoms with Crippen LogP contribution >= 0.6 is 11.3 Å². The van der Waals surface area contributed by atoms with Crippen molar-refractivity contribution < 1.29 is 9.59 Å². The molecule has 3 heterocycles. The average Bonchev–Trinajstić information content (AvgIpc) is 3.15. The fourth-order valence-electron chi connectivity index (χ4n) is 3.83. The van der Waals surface area contributed by atoms with Crippen LogP contribution in [0.3, 0.4) is 0 Å². The largest absolute Gasteiger partial charge is 0.383 e. The number of hydrogen-bond donors (Lipinski definition) is 2. The lowest BCUT2D eigenvalue weighted by atomic mass is 9.78. The summed E-state index contributed by atoms with van der Waals surface area (Å²) in [6.45, 7) is 1.96. The first-order chi connectivity index (χ1) is 14.0. The molecule has 0 bridgehead atoms. The molecule has 1 unspecified atom stereocenters. The quantitative estimate of drug-likeness (QED) is 0.812. The molecular formula is C21H19N5O2S. The van der Waals surface area contributed by atoms with E-state index in [0.29, 0.717) is 36.1 Å². The Bertz CT molecular complexity index is 1090. The number of nitrogens with two attached hydrogens (primary N) is 1. The number of aryl methyl sites for hydroxylation is 1. The zero-order chi connectivity index (χ0) is 20.5. The predicted octanol–water partition coefficient (Wildman–Crippen LogP) is 2.90. The summed E-state index contributed by atoms with van der Waals surface area (Å²) >= 11 is 1.51. The van der Waals surface area contributed by atoms with E-state index >= 15 is 0 Å². The van der Waals surface area contributed by atoms with Crippen molar-refractivity contribution in [1.29, 1.82) is 5.26 Å². The summed E-state index contributed by atoms with van der Waals surface area (Å²) in [6.07, 6.45) is 4.73. The Morgan fingerprint density at radius 2 is 2.10 bits per heavy atom. The minimum Gasteiger partial charge on any atom is -0.383 e. The Morgan fingerprint density at radius 3 is 2.76 bits per heavy atom. The molecule has 0 spiro atoms. The molecule has 1 amide bonds. The van der Waals surface area contributed by atoms with Gasteiger partial charge in [-0.1, -0.05) is 0 Å². The molecule has 1 atom stereocenters. The zero-order valence-electron chi connectivity index (χ0n) is 15.8. The number of nitrogens with zero attached hydrogens (tertiary/aromatic N) is 3. The van der Waals surface area contributed by atoms with Gasteiger partial charge >= 0.3 is 0 Å². The monoisotopic (exact) mass is 405 g/mol. The van der Waals surface area contributed by atoms with Crippen LogP contribution in [0, 0.1) is 18.3 Å². The number of hydrazine groups is 1. The number of hydrogen-bond acceptors (Lipinski definition) is 7. The number of aromatic nitrogens is 1. The van der Waals surface area contributed by atoms with Crippen LogP contribution in [0.1, 0.15) is 46.0 Å². The Labute approximate surface area is 172 Å². The molecule has 0 saturated carbocycles. The molecule has 1 aliphatic heterocycles. The molecule has 2 aliphatic rings. The van der Waals surface area contributed by atoms with Gasteiger partial charge in [0.25, 0.3) is 5.91 Å². The first-order valence-corrected chi connectivity index (χ1v) is 10.1. The molecular weight excluding hydrogens is 386 g/mol. The van der Waals surface area contributed by atoms with Gasteiger partial charge in [0, 0.05) is 34.8 Å². The Hall–Kier alpha value is -3.44. The van der Waals surface area contributed by atoms with Crippen molar-refractivity contribution in [3.8, 4) is 6.07 Å². The molecule has 0 aromatic carbocycles. The Kier molecular flexibility index (Phi) is 4.91. The lowest BCUT2D eigenvalue weighted by Crippen LogP contribution is -2.48. The molecule has 0 fully saturated rings. The van der Waals surface area contributed by atoms with E-state index in [1.54, 1.807) is 12.1 Å². The van der Waals surface area contributed by atoms with Crippen LogP contribution in [-0.4, -0.2) is 21.7 Å². The third-order valence-corrected chi connectivity index (χ3v) is 6.32. The van der Waals surface area contributed by atoms with Crippen LogP contribution in [0.4, 0.5) is 0 Å². The minimum absolute atomic E-state index is 0.00698. The highest BCUT2D eigenvalue weighted by Gasteiger charge is 2.41. The summed E-state index contributed by atoms with van der Waals surface area (Å²) in [4.78, 5) is 30.5. The van der Waals surface area contributed by atoms with Crippen LogP contribution in [0.5, 0.6) is 0 Å². The van der Waals surface area contributed by atoms with Gasteiger partial charge in [-0.15, -0.1) is 11.3 Å². The van der Waals surface area contributed by atoms with Crippen LogP contribution in [0.25, 0.3) is 0 Å². The number of nitrogens with one attached hydrogen (secondary N) is 1. The molecule has 2 aromatic heterocycles. The number of carbonyl (C=O) groups is 2. The van der Waals surface area contributed by atoms with Crippen molar-refractivity contribution in [3.05, 3.63) is 74.6 Å². The van der Waals surface area contributed by atoms with E-state index in [1.807, 2.05) is 18.4 Å². The zero-order valence-corrected chi connectivity index (χ0v) is 16.6. The average molecular weight is 405 g/mol. The number of amides is 1. The van der Waals surface area contributed by atoms with Crippen molar-refractivity contribution in [2.45, 2.75) is 32.1 Å². The maximum atomic E-state index is 12.9. The lowest BCUT2D eigenvalue weighted by Gasteiger charge is -2.39. The van der Waals surface area contributed by atoms with Crippen LogP contribution in [0.2, 0.25) is 0 Å². The molecule has 0 radical (unpaired) electrons.